The topological polar surface area (TPSA) is 58.2 Å². The first-order valence-electron chi connectivity index (χ1n) is 4.25. The highest BCUT2D eigenvalue weighted by Crippen LogP contribution is 2.05. The molecule has 4 nitrogen and oxygen atoms in total. The van der Waals surface area contributed by atoms with Crippen LogP contribution in [0.2, 0.25) is 0 Å². The number of hydrogen-bond donors (Lipinski definition) is 2. The van der Waals surface area contributed by atoms with Crippen LogP contribution < -0.4 is 10.6 Å². The summed E-state index contributed by atoms with van der Waals surface area (Å²) in [6.07, 6.45) is 1.09. The Balaban J connectivity index is 0.000000561. The Bertz CT molecular complexity index is 168. The number of hydrogen-bond acceptors (Lipinski definition) is 2. The summed E-state index contributed by atoms with van der Waals surface area (Å²) >= 11 is 0. The van der Waals surface area contributed by atoms with E-state index in [0.29, 0.717) is 12.8 Å². The number of amides is 2. The van der Waals surface area contributed by atoms with E-state index in [2.05, 4.69) is 10.6 Å². The van der Waals surface area contributed by atoms with Gasteiger partial charge < -0.3 is 10.6 Å². The first-order valence-corrected chi connectivity index (χ1v) is 4.25. The van der Waals surface area contributed by atoms with E-state index in [-0.39, 0.29) is 17.9 Å². The van der Waals surface area contributed by atoms with Crippen molar-refractivity contribution in [3.8, 4) is 0 Å². The number of rotatable bonds is 1. The predicted molar refractivity (Wildman–Crippen MR) is 46.6 cm³/mol. The smallest absolute Gasteiger partial charge is 0.242 e. The van der Waals surface area contributed by atoms with Gasteiger partial charge in [0, 0.05) is 13.5 Å². The van der Waals surface area contributed by atoms with Gasteiger partial charge in [-0.3, -0.25) is 9.59 Å². The summed E-state index contributed by atoms with van der Waals surface area (Å²) in [6.45, 7) is 4.00. The van der Waals surface area contributed by atoms with Gasteiger partial charge in [0.05, 0.1) is 0 Å². The van der Waals surface area contributed by atoms with Crippen molar-refractivity contribution < 1.29 is 9.59 Å². The normalized spacial score (nSPS) is 20.6. The second-order valence-electron chi connectivity index (χ2n) is 2.27. The van der Waals surface area contributed by atoms with Crippen LogP contribution >= 0.6 is 0 Å². The molecule has 1 rings (SSSR count). The molecule has 2 N–H and O–H groups in total. The van der Waals surface area contributed by atoms with Gasteiger partial charge in [-0.05, 0) is 6.42 Å². The standard InChI is InChI=1S/C6H10N2O2.C2H6/c1-7-6(10)4-2-3-5(9)8-4;1-2/h4H,2-3H2,1H3,(H,7,10)(H,8,9);1-2H3. The molecule has 0 saturated carbocycles. The van der Waals surface area contributed by atoms with Crippen molar-refractivity contribution in [1.29, 1.82) is 0 Å². The van der Waals surface area contributed by atoms with Crippen LogP contribution in [-0.4, -0.2) is 24.9 Å². The van der Waals surface area contributed by atoms with Gasteiger partial charge in [-0.15, -0.1) is 0 Å². The van der Waals surface area contributed by atoms with Gasteiger partial charge in [0.2, 0.25) is 11.8 Å². The predicted octanol–water partition coefficient (Wildman–Crippen LogP) is 0.0372. The van der Waals surface area contributed by atoms with Crippen LogP contribution in [0.3, 0.4) is 0 Å². The zero-order chi connectivity index (χ0) is 9.56. The number of carbonyl (C=O) groups is 2. The lowest BCUT2D eigenvalue weighted by atomic mass is 10.2. The first kappa shape index (κ1) is 10.9. The molecule has 1 unspecified atom stereocenters. The Morgan fingerprint density at radius 3 is 2.50 bits per heavy atom. The fourth-order valence-electron chi connectivity index (χ4n) is 0.985. The highest BCUT2D eigenvalue weighted by Gasteiger charge is 2.25. The van der Waals surface area contributed by atoms with Gasteiger partial charge in [-0.1, -0.05) is 13.8 Å². The molecule has 1 saturated heterocycles. The molecule has 0 aromatic carbocycles. The second-order valence-corrected chi connectivity index (χ2v) is 2.27. The van der Waals surface area contributed by atoms with Gasteiger partial charge in [0.25, 0.3) is 0 Å². The molecule has 0 spiro atoms. The van der Waals surface area contributed by atoms with Gasteiger partial charge in [0.15, 0.2) is 0 Å². The highest BCUT2D eigenvalue weighted by atomic mass is 16.2. The largest absolute Gasteiger partial charge is 0.357 e. The summed E-state index contributed by atoms with van der Waals surface area (Å²) < 4.78 is 0. The third-order valence-electron chi connectivity index (χ3n) is 1.56. The van der Waals surface area contributed by atoms with Gasteiger partial charge >= 0.3 is 0 Å². The van der Waals surface area contributed by atoms with Crippen molar-refractivity contribution in [1.82, 2.24) is 10.6 Å². The van der Waals surface area contributed by atoms with E-state index >= 15 is 0 Å². The van der Waals surface area contributed by atoms with Crippen molar-refractivity contribution in [2.45, 2.75) is 32.7 Å². The SMILES string of the molecule is CC.CNC(=O)C1CCC(=O)N1. The molecule has 0 aromatic heterocycles. The van der Waals surface area contributed by atoms with Crippen molar-refractivity contribution in [3.63, 3.8) is 0 Å². The summed E-state index contributed by atoms with van der Waals surface area (Å²) in [4.78, 5) is 21.4. The van der Waals surface area contributed by atoms with Crippen molar-refractivity contribution in [2.24, 2.45) is 0 Å². The van der Waals surface area contributed by atoms with E-state index in [1.807, 2.05) is 13.8 Å². The molecular weight excluding hydrogens is 156 g/mol. The molecule has 0 aliphatic carbocycles. The molecule has 1 atom stereocenters. The van der Waals surface area contributed by atoms with Gasteiger partial charge in [0.1, 0.15) is 6.04 Å². The molecule has 0 radical (unpaired) electrons. The zero-order valence-corrected chi connectivity index (χ0v) is 7.81. The summed E-state index contributed by atoms with van der Waals surface area (Å²) in [5.41, 5.74) is 0. The van der Waals surface area contributed by atoms with E-state index in [9.17, 15) is 9.59 Å². The minimum Gasteiger partial charge on any atom is -0.357 e. The van der Waals surface area contributed by atoms with E-state index in [1.165, 1.54) is 0 Å². The van der Waals surface area contributed by atoms with Crippen molar-refractivity contribution in [3.05, 3.63) is 0 Å². The zero-order valence-electron chi connectivity index (χ0n) is 7.81. The van der Waals surface area contributed by atoms with Crippen LogP contribution in [-0.2, 0) is 9.59 Å². The Morgan fingerprint density at radius 1 is 1.58 bits per heavy atom. The minimum absolute atomic E-state index is 0.0337. The molecule has 1 aliphatic heterocycles. The summed E-state index contributed by atoms with van der Waals surface area (Å²) in [6, 6.07) is -0.294. The molecule has 1 fully saturated rings. The van der Waals surface area contributed by atoms with Gasteiger partial charge in [-0.2, -0.15) is 0 Å². The van der Waals surface area contributed by atoms with E-state index in [1.54, 1.807) is 7.05 Å². The van der Waals surface area contributed by atoms with E-state index in [4.69, 9.17) is 0 Å². The monoisotopic (exact) mass is 172 g/mol. The molecule has 12 heavy (non-hydrogen) atoms. The Labute approximate surface area is 72.7 Å². The van der Waals surface area contributed by atoms with Gasteiger partial charge in [-0.25, -0.2) is 0 Å². The van der Waals surface area contributed by atoms with Crippen LogP contribution in [0.4, 0.5) is 0 Å². The maximum absolute atomic E-state index is 10.8. The number of carbonyl (C=O) groups excluding carboxylic acids is 2. The van der Waals surface area contributed by atoms with E-state index in [0.717, 1.165) is 0 Å². The fraction of sp³-hybridized carbons (Fsp3) is 0.750. The van der Waals surface area contributed by atoms with Crippen LogP contribution in [0.5, 0.6) is 0 Å². The average Bonchev–Trinajstić information content (AvgIpc) is 2.54. The average molecular weight is 172 g/mol. The van der Waals surface area contributed by atoms with Crippen LogP contribution in [0.25, 0.3) is 0 Å². The Kier molecular flexibility index (Phi) is 5.08. The molecule has 1 aliphatic rings. The number of nitrogens with one attached hydrogen (secondary N) is 2. The maximum Gasteiger partial charge on any atom is 0.242 e. The molecule has 0 aromatic rings. The fourth-order valence-corrected chi connectivity index (χ4v) is 0.985. The molecule has 0 bridgehead atoms. The minimum atomic E-state index is -0.294. The van der Waals surface area contributed by atoms with E-state index < -0.39 is 0 Å². The lowest BCUT2D eigenvalue weighted by molar-refractivity contribution is -0.125. The van der Waals surface area contributed by atoms with Crippen LogP contribution in [0.1, 0.15) is 26.7 Å². The van der Waals surface area contributed by atoms with Crippen LogP contribution in [0.15, 0.2) is 0 Å². The lowest BCUT2D eigenvalue weighted by Crippen LogP contribution is -2.39. The summed E-state index contributed by atoms with van der Waals surface area (Å²) in [5.74, 6) is -0.139. The highest BCUT2D eigenvalue weighted by molar-refractivity contribution is 5.90. The first-order chi connectivity index (χ1) is 5.74. The Morgan fingerprint density at radius 2 is 2.17 bits per heavy atom. The van der Waals surface area contributed by atoms with Crippen LogP contribution in [0, 0.1) is 0 Å². The third-order valence-corrected chi connectivity index (χ3v) is 1.56. The quantitative estimate of drug-likeness (QED) is 0.586. The summed E-state index contributed by atoms with van der Waals surface area (Å²) in [5, 5.41) is 5.03. The molecular formula is C8H16N2O2. The molecule has 70 valence electrons. The summed E-state index contributed by atoms with van der Waals surface area (Å²) in [7, 11) is 1.56. The maximum atomic E-state index is 10.8. The molecule has 4 heteroatoms. The molecule has 1 heterocycles. The van der Waals surface area contributed by atoms with Crippen molar-refractivity contribution >= 4 is 11.8 Å². The third kappa shape index (κ3) is 2.90. The lowest BCUT2D eigenvalue weighted by Gasteiger charge is -2.05. The number of likely N-dealkylation sites (N-methyl/N-ethyl adjacent to an activating group) is 1. The van der Waals surface area contributed by atoms with Crippen molar-refractivity contribution in [2.75, 3.05) is 7.05 Å². The molecule has 2 amide bonds. The Hall–Kier alpha value is -1.06. The second kappa shape index (κ2) is 5.57.